The van der Waals surface area contributed by atoms with E-state index in [9.17, 15) is 29.7 Å². The van der Waals surface area contributed by atoms with Gasteiger partial charge in [0.2, 0.25) is 0 Å². The molecule has 0 aliphatic heterocycles. The molecule has 7 heteroatoms. The second-order valence-corrected chi connectivity index (χ2v) is 8.02. The van der Waals surface area contributed by atoms with E-state index in [2.05, 4.69) is 5.92 Å². The lowest BCUT2D eigenvalue weighted by Gasteiger charge is -2.41. The normalized spacial score (nSPS) is 25.0. The molecule has 0 bridgehead atoms. The number of phenolic OH excluding ortho intramolecular Hbond substituents is 1. The smallest absolute Gasteiger partial charge is 0.173 e. The summed E-state index contributed by atoms with van der Waals surface area (Å²) in [6, 6.07) is 1.73. The number of terminal acetylenes is 1. The Morgan fingerprint density at radius 3 is 2.50 bits per heavy atom. The van der Waals surface area contributed by atoms with Crippen molar-refractivity contribution in [3.63, 3.8) is 0 Å². The zero-order valence-electron chi connectivity index (χ0n) is 16.6. The van der Waals surface area contributed by atoms with Gasteiger partial charge in [-0.1, -0.05) is 5.92 Å². The first-order valence-electron chi connectivity index (χ1n) is 9.44. The highest BCUT2D eigenvalue weighted by molar-refractivity contribution is 6.21. The van der Waals surface area contributed by atoms with Crippen LogP contribution in [0.5, 0.6) is 5.75 Å². The van der Waals surface area contributed by atoms with Crippen LogP contribution in [0.25, 0.3) is 5.76 Å². The molecule has 0 amide bonds. The zero-order valence-corrected chi connectivity index (χ0v) is 16.6. The minimum absolute atomic E-state index is 0. The predicted octanol–water partition coefficient (Wildman–Crippen LogP) is 2.37. The number of benzene rings is 1. The van der Waals surface area contributed by atoms with Gasteiger partial charge in [0.25, 0.3) is 0 Å². The van der Waals surface area contributed by atoms with Crippen LogP contribution in [0.3, 0.4) is 0 Å². The van der Waals surface area contributed by atoms with Crippen LogP contribution >= 0.6 is 0 Å². The summed E-state index contributed by atoms with van der Waals surface area (Å²) in [6.45, 7) is 2.81. The Bertz CT molecular complexity index is 1120. The van der Waals surface area contributed by atoms with Gasteiger partial charge in [-0.15, -0.1) is 6.42 Å². The highest BCUT2D eigenvalue weighted by Gasteiger charge is 2.50. The monoisotopic (exact) mass is 414 g/mol. The number of aliphatic hydroxyl groups is 2. The third kappa shape index (κ3) is 2.76. The Balaban J connectivity index is 0.00000171. The largest absolute Gasteiger partial charge is 0.511 e. The van der Waals surface area contributed by atoms with Crippen molar-refractivity contribution >= 4 is 23.1 Å². The number of aliphatic hydroxyl groups excluding tert-OH is 2. The third-order valence-electron chi connectivity index (χ3n) is 6.39. The fraction of sp³-hybridized carbons (Fsp3) is 0.348. The van der Waals surface area contributed by atoms with Crippen LogP contribution in [0.15, 0.2) is 23.0 Å². The lowest BCUT2D eigenvalue weighted by molar-refractivity contribution is -0.127. The van der Waals surface area contributed by atoms with Crippen molar-refractivity contribution in [2.24, 2.45) is 17.8 Å². The molecule has 0 radical (unpaired) electrons. The molecule has 0 heterocycles. The van der Waals surface area contributed by atoms with Gasteiger partial charge in [-0.05, 0) is 50.2 Å². The maximum atomic E-state index is 13.3. The van der Waals surface area contributed by atoms with Crippen LogP contribution < -0.4 is 0 Å². The van der Waals surface area contributed by atoms with E-state index in [0.717, 1.165) is 0 Å². The first kappa shape index (κ1) is 21.3. The molecule has 3 unspecified atom stereocenters. The first-order valence-corrected chi connectivity index (χ1v) is 9.44. The van der Waals surface area contributed by atoms with E-state index < -0.39 is 34.9 Å². The van der Waals surface area contributed by atoms with E-state index in [4.69, 9.17) is 6.42 Å². The van der Waals surface area contributed by atoms with Crippen molar-refractivity contribution < 1.29 is 38.0 Å². The maximum Gasteiger partial charge on any atom is 0.173 e. The van der Waals surface area contributed by atoms with Crippen molar-refractivity contribution in [2.45, 2.75) is 33.1 Å². The standard InChI is InChI=1S/C23H20O6.H2O.2H2/c1-4-11-5-12-6-13-7-14-8-15(25)16(10(3)24)21(27)19(14)23(29)18(13)22(28)17(12)20(26)9(11)2;;;/h1,5,13-14,19,26-28H,6-8H2,2-3H3;1H2;2*1H. The third-order valence-corrected chi connectivity index (χ3v) is 6.39. The molecule has 0 spiro atoms. The Morgan fingerprint density at radius 1 is 1.23 bits per heavy atom. The van der Waals surface area contributed by atoms with E-state index >= 15 is 0 Å². The number of carbonyl (C=O) groups excluding carboxylic acids is 3. The summed E-state index contributed by atoms with van der Waals surface area (Å²) in [5.74, 6) is -1.85. The number of hydrogen-bond donors (Lipinski definition) is 3. The van der Waals surface area contributed by atoms with Gasteiger partial charge in [0.1, 0.15) is 17.3 Å². The van der Waals surface area contributed by atoms with Gasteiger partial charge in [-0.25, -0.2) is 0 Å². The van der Waals surface area contributed by atoms with Crippen LogP contribution in [0.4, 0.5) is 0 Å². The van der Waals surface area contributed by atoms with Crippen LogP contribution in [0.1, 0.15) is 44.9 Å². The van der Waals surface area contributed by atoms with Crippen LogP contribution in [0.2, 0.25) is 0 Å². The van der Waals surface area contributed by atoms with Crippen LogP contribution in [-0.4, -0.2) is 38.1 Å². The van der Waals surface area contributed by atoms with Crippen molar-refractivity contribution in [3.05, 3.63) is 45.2 Å². The molecule has 3 aliphatic rings. The molecule has 4 rings (SSSR count). The number of aromatic hydroxyl groups is 1. The van der Waals surface area contributed by atoms with Crippen molar-refractivity contribution in [1.29, 1.82) is 0 Å². The number of ketones is 3. The Hall–Kier alpha value is -3.37. The summed E-state index contributed by atoms with van der Waals surface area (Å²) in [7, 11) is 0. The topological polar surface area (TPSA) is 143 Å². The quantitative estimate of drug-likeness (QED) is 0.475. The van der Waals surface area contributed by atoms with E-state index in [1.807, 2.05) is 0 Å². The van der Waals surface area contributed by atoms with Gasteiger partial charge in [0, 0.05) is 26.0 Å². The highest BCUT2D eigenvalue weighted by atomic mass is 16.3. The van der Waals surface area contributed by atoms with Crippen molar-refractivity contribution in [3.8, 4) is 18.1 Å². The minimum atomic E-state index is -1.03. The molecule has 3 aliphatic carbocycles. The molecule has 5 N–H and O–H groups in total. The number of Topliss-reactive ketones (excluding diaryl/α,β-unsaturated/α-hetero) is 3. The number of fused-ring (bicyclic) bond motifs is 3. The van der Waals surface area contributed by atoms with Gasteiger partial charge in [0.15, 0.2) is 17.3 Å². The second-order valence-electron chi connectivity index (χ2n) is 8.02. The first-order chi connectivity index (χ1) is 13.7. The van der Waals surface area contributed by atoms with Gasteiger partial charge in [0.05, 0.1) is 17.1 Å². The molecule has 7 nitrogen and oxygen atoms in total. The summed E-state index contributed by atoms with van der Waals surface area (Å²) >= 11 is 0. The molecule has 1 fully saturated rings. The fourth-order valence-corrected chi connectivity index (χ4v) is 5.06. The number of rotatable bonds is 1. The van der Waals surface area contributed by atoms with E-state index in [-0.39, 0.29) is 48.9 Å². The van der Waals surface area contributed by atoms with Gasteiger partial charge < -0.3 is 20.8 Å². The summed E-state index contributed by atoms with van der Waals surface area (Å²) in [5, 5.41) is 32.1. The van der Waals surface area contributed by atoms with E-state index in [1.165, 1.54) is 6.92 Å². The minimum Gasteiger partial charge on any atom is -0.511 e. The van der Waals surface area contributed by atoms with Crippen molar-refractivity contribution in [1.82, 2.24) is 0 Å². The Labute approximate surface area is 176 Å². The second kappa shape index (κ2) is 7.15. The highest BCUT2D eigenvalue weighted by Crippen LogP contribution is 2.50. The Kier molecular flexibility index (Phi) is 5.09. The average molecular weight is 414 g/mol. The molecular formula is C23H26O7. The predicted molar refractivity (Wildman–Crippen MR) is 112 cm³/mol. The molecule has 1 aromatic carbocycles. The molecule has 3 atom stereocenters. The van der Waals surface area contributed by atoms with Gasteiger partial charge in [-0.2, -0.15) is 0 Å². The molecule has 160 valence electrons. The molecule has 30 heavy (non-hydrogen) atoms. The fourth-order valence-electron chi connectivity index (χ4n) is 5.06. The number of phenols is 1. The molecule has 0 saturated heterocycles. The summed E-state index contributed by atoms with van der Waals surface area (Å²) < 4.78 is 0. The lowest BCUT2D eigenvalue weighted by Crippen LogP contribution is -2.43. The summed E-state index contributed by atoms with van der Waals surface area (Å²) in [6.07, 6.45) is 6.29. The number of hydrogen-bond acceptors (Lipinski definition) is 6. The van der Waals surface area contributed by atoms with Gasteiger partial charge in [-0.3, -0.25) is 14.4 Å². The zero-order chi connectivity index (χ0) is 21.2. The van der Waals surface area contributed by atoms with E-state index in [1.54, 1.807) is 13.0 Å². The number of allylic oxidation sites excluding steroid dienone is 3. The van der Waals surface area contributed by atoms with Gasteiger partial charge >= 0.3 is 0 Å². The molecular weight excluding hydrogens is 388 g/mol. The van der Waals surface area contributed by atoms with E-state index in [0.29, 0.717) is 29.5 Å². The molecule has 1 aromatic rings. The van der Waals surface area contributed by atoms with Crippen LogP contribution in [0, 0.1) is 37.0 Å². The average Bonchev–Trinajstić information content (AvgIpc) is 2.63. The van der Waals surface area contributed by atoms with Crippen molar-refractivity contribution in [2.75, 3.05) is 0 Å². The molecule has 0 aromatic heterocycles. The lowest BCUT2D eigenvalue weighted by atomic mass is 9.61. The Morgan fingerprint density at radius 2 is 1.90 bits per heavy atom. The summed E-state index contributed by atoms with van der Waals surface area (Å²) in [4.78, 5) is 37.4. The SMILES string of the molecule is C#Cc1cc2c(c(O)c1C)C(O)=C1C(=O)C3C(O)=C(C(C)=O)C(=O)CC3CC1C2.O.[HH].[HH]. The molecule has 1 saturated carbocycles. The summed E-state index contributed by atoms with van der Waals surface area (Å²) in [5.41, 5.74) is 1.57. The van der Waals surface area contributed by atoms with Crippen LogP contribution in [-0.2, 0) is 20.8 Å². The maximum absolute atomic E-state index is 13.3. The number of carbonyl (C=O) groups is 3.